The summed E-state index contributed by atoms with van der Waals surface area (Å²) >= 11 is 3.02. The number of hydrogen-bond donors (Lipinski definition) is 1. The van der Waals surface area contributed by atoms with Gasteiger partial charge in [0.2, 0.25) is 5.91 Å². The number of carbonyl (C=O) groups is 1. The van der Waals surface area contributed by atoms with Crippen molar-refractivity contribution >= 4 is 44.9 Å². The number of nitrogens with one attached hydrogen (secondary N) is 1. The summed E-state index contributed by atoms with van der Waals surface area (Å²) in [5.41, 5.74) is 2.78. The van der Waals surface area contributed by atoms with Crippen LogP contribution in [0.25, 0.3) is 20.7 Å². The predicted octanol–water partition coefficient (Wildman–Crippen LogP) is 5.16. The van der Waals surface area contributed by atoms with Crippen LogP contribution in [-0.2, 0) is 11.2 Å². The number of rotatable bonds is 6. The Bertz CT molecular complexity index is 1180. The Morgan fingerprint density at radius 1 is 1.10 bits per heavy atom. The van der Waals surface area contributed by atoms with Crippen LogP contribution < -0.4 is 5.32 Å². The van der Waals surface area contributed by atoms with Crippen molar-refractivity contribution in [2.75, 3.05) is 11.1 Å². The summed E-state index contributed by atoms with van der Waals surface area (Å²) in [7, 11) is 0. The molecule has 0 saturated heterocycles. The number of hydrogen-bond acceptors (Lipinski definition) is 6. The maximum atomic E-state index is 12.3. The number of amides is 1. The number of aromatic nitrogens is 2. The molecular formula is C22H16N4OS2. The molecule has 0 aliphatic rings. The molecule has 0 aliphatic heterocycles. The minimum atomic E-state index is -0.103. The van der Waals surface area contributed by atoms with Crippen molar-refractivity contribution in [1.82, 2.24) is 9.97 Å². The van der Waals surface area contributed by atoms with E-state index in [9.17, 15) is 4.79 Å². The van der Waals surface area contributed by atoms with E-state index in [1.807, 2.05) is 42.5 Å². The van der Waals surface area contributed by atoms with Crippen LogP contribution in [0.3, 0.4) is 0 Å². The van der Waals surface area contributed by atoms with E-state index >= 15 is 0 Å². The lowest BCUT2D eigenvalue weighted by atomic mass is 10.1. The Hall–Kier alpha value is -3.21. The summed E-state index contributed by atoms with van der Waals surface area (Å²) in [4.78, 5) is 23.1. The monoisotopic (exact) mass is 416 g/mol. The molecule has 5 nitrogen and oxygen atoms in total. The Kier molecular flexibility index (Phi) is 5.84. The molecule has 2 aromatic heterocycles. The smallest absolute Gasteiger partial charge is 0.234 e. The van der Waals surface area contributed by atoms with Crippen molar-refractivity contribution < 1.29 is 4.79 Å². The second-order valence-electron chi connectivity index (χ2n) is 6.24. The van der Waals surface area contributed by atoms with Gasteiger partial charge in [0.25, 0.3) is 0 Å². The van der Waals surface area contributed by atoms with E-state index in [0.717, 1.165) is 31.2 Å². The zero-order valence-corrected chi connectivity index (χ0v) is 17.0. The summed E-state index contributed by atoms with van der Waals surface area (Å²) < 4.78 is 0. The highest BCUT2D eigenvalue weighted by Gasteiger charge is 2.12. The third-order valence-corrected chi connectivity index (χ3v) is 6.31. The van der Waals surface area contributed by atoms with Gasteiger partial charge in [-0.2, -0.15) is 5.26 Å². The Morgan fingerprint density at radius 3 is 2.66 bits per heavy atom. The van der Waals surface area contributed by atoms with E-state index in [0.29, 0.717) is 12.1 Å². The molecule has 2 aromatic carbocycles. The fraction of sp³-hybridized carbons (Fsp3) is 0.0909. The van der Waals surface area contributed by atoms with Crippen LogP contribution in [0, 0.1) is 11.3 Å². The first-order valence-electron chi connectivity index (χ1n) is 8.91. The van der Waals surface area contributed by atoms with Crippen molar-refractivity contribution in [1.29, 1.82) is 5.26 Å². The van der Waals surface area contributed by atoms with Gasteiger partial charge in [0.05, 0.1) is 18.2 Å². The van der Waals surface area contributed by atoms with Crippen LogP contribution in [0.1, 0.15) is 5.56 Å². The van der Waals surface area contributed by atoms with Crippen LogP contribution in [0.2, 0.25) is 0 Å². The lowest BCUT2D eigenvalue weighted by Gasteiger charge is -2.06. The van der Waals surface area contributed by atoms with Gasteiger partial charge >= 0.3 is 0 Å². The summed E-state index contributed by atoms with van der Waals surface area (Å²) in [5.74, 6) is 0.149. The lowest BCUT2D eigenvalue weighted by Crippen LogP contribution is -2.14. The highest BCUT2D eigenvalue weighted by Crippen LogP contribution is 2.36. The molecule has 4 aromatic rings. The first-order chi connectivity index (χ1) is 14.2. The molecule has 1 amide bonds. The second-order valence-corrected chi connectivity index (χ2v) is 8.24. The number of carbonyl (C=O) groups excluding carboxylic acids is 1. The Balaban J connectivity index is 1.44. The number of thioether (sulfide) groups is 1. The van der Waals surface area contributed by atoms with E-state index in [1.54, 1.807) is 17.7 Å². The van der Waals surface area contributed by atoms with Gasteiger partial charge in [-0.05, 0) is 29.3 Å². The molecule has 29 heavy (non-hydrogen) atoms. The molecule has 0 unspecified atom stereocenters. The quantitative estimate of drug-likeness (QED) is 0.347. The summed E-state index contributed by atoms with van der Waals surface area (Å²) in [6.45, 7) is 0. The van der Waals surface area contributed by atoms with Crippen LogP contribution in [-0.4, -0.2) is 21.6 Å². The molecule has 7 heteroatoms. The molecule has 0 saturated carbocycles. The molecule has 0 aliphatic carbocycles. The topological polar surface area (TPSA) is 78.7 Å². The molecule has 0 fully saturated rings. The molecule has 2 heterocycles. The first-order valence-corrected chi connectivity index (χ1v) is 10.7. The number of thiophene rings is 1. The number of nitrogens with zero attached hydrogens (tertiary/aromatic N) is 3. The summed E-state index contributed by atoms with van der Waals surface area (Å²) in [6.07, 6.45) is 1.90. The van der Waals surface area contributed by atoms with E-state index in [2.05, 4.69) is 39.6 Å². The van der Waals surface area contributed by atoms with Crippen molar-refractivity contribution in [3.63, 3.8) is 0 Å². The zero-order chi connectivity index (χ0) is 20.1. The number of anilines is 1. The second kappa shape index (κ2) is 8.86. The zero-order valence-electron chi connectivity index (χ0n) is 15.3. The molecule has 0 atom stereocenters. The maximum absolute atomic E-state index is 12.3. The van der Waals surface area contributed by atoms with Gasteiger partial charge in [0, 0.05) is 16.0 Å². The van der Waals surface area contributed by atoms with Gasteiger partial charge in [-0.1, -0.05) is 54.2 Å². The van der Waals surface area contributed by atoms with Gasteiger partial charge < -0.3 is 5.32 Å². The normalized spacial score (nSPS) is 10.6. The SMILES string of the molecule is N#CCc1ccc(NC(=O)CSc2ncnc3sc(-c4ccccc4)cc23)cc1. The highest BCUT2D eigenvalue weighted by atomic mass is 32.2. The maximum Gasteiger partial charge on any atom is 0.234 e. The van der Waals surface area contributed by atoms with E-state index in [-0.39, 0.29) is 11.7 Å². The van der Waals surface area contributed by atoms with Crippen LogP contribution >= 0.6 is 23.1 Å². The number of benzene rings is 2. The largest absolute Gasteiger partial charge is 0.325 e. The van der Waals surface area contributed by atoms with Crippen LogP contribution in [0.5, 0.6) is 0 Å². The lowest BCUT2D eigenvalue weighted by molar-refractivity contribution is -0.113. The number of nitriles is 1. The van der Waals surface area contributed by atoms with Crippen molar-refractivity contribution in [2.45, 2.75) is 11.4 Å². The van der Waals surface area contributed by atoms with Gasteiger partial charge in [0.1, 0.15) is 16.2 Å². The average molecular weight is 417 g/mol. The molecule has 1 N–H and O–H groups in total. The fourth-order valence-electron chi connectivity index (χ4n) is 2.82. The van der Waals surface area contributed by atoms with Crippen molar-refractivity contribution in [3.05, 3.63) is 72.6 Å². The molecular weight excluding hydrogens is 400 g/mol. The fourth-order valence-corrected chi connectivity index (χ4v) is 4.66. The van der Waals surface area contributed by atoms with Gasteiger partial charge in [-0.3, -0.25) is 4.79 Å². The van der Waals surface area contributed by atoms with Gasteiger partial charge in [-0.15, -0.1) is 11.3 Å². The summed E-state index contributed by atoms with van der Waals surface area (Å²) in [5, 5.41) is 13.4. The van der Waals surface area contributed by atoms with Crippen LogP contribution in [0.15, 0.2) is 72.0 Å². The summed E-state index contributed by atoms with van der Waals surface area (Å²) in [6, 6.07) is 21.7. The highest BCUT2D eigenvalue weighted by molar-refractivity contribution is 8.00. The third-order valence-electron chi connectivity index (χ3n) is 4.21. The third kappa shape index (κ3) is 4.62. The predicted molar refractivity (Wildman–Crippen MR) is 118 cm³/mol. The molecule has 0 radical (unpaired) electrons. The van der Waals surface area contributed by atoms with Crippen molar-refractivity contribution in [3.8, 4) is 16.5 Å². The van der Waals surface area contributed by atoms with Gasteiger partial charge in [-0.25, -0.2) is 9.97 Å². The standard InChI is InChI=1S/C22H16N4OS2/c23-11-10-15-6-8-17(9-7-15)26-20(27)13-28-21-18-12-19(16-4-2-1-3-5-16)29-22(18)25-14-24-21/h1-9,12,14H,10,13H2,(H,26,27). The van der Waals surface area contributed by atoms with Gasteiger partial charge in [0.15, 0.2) is 0 Å². The van der Waals surface area contributed by atoms with E-state index in [4.69, 9.17) is 5.26 Å². The van der Waals surface area contributed by atoms with Crippen LogP contribution in [0.4, 0.5) is 5.69 Å². The molecule has 0 spiro atoms. The minimum Gasteiger partial charge on any atom is -0.325 e. The molecule has 142 valence electrons. The Labute approximate surface area is 176 Å². The van der Waals surface area contributed by atoms with E-state index < -0.39 is 0 Å². The average Bonchev–Trinajstić information content (AvgIpc) is 3.19. The first kappa shape index (κ1) is 19.1. The van der Waals surface area contributed by atoms with Crippen molar-refractivity contribution in [2.24, 2.45) is 0 Å². The molecule has 4 rings (SSSR count). The Morgan fingerprint density at radius 2 is 1.90 bits per heavy atom. The number of fused-ring (bicyclic) bond motifs is 1. The molecule has 0 bridgehead atoms. The van der Waals surface area contributed by atoms with E-state index in [1.165, 1.54) is 11.8 Å². The minimum absolute atomic E-state index is 0.103.